The van der Waals surface area contributed by atoms with Gasteiger partial charge in [-0.3, -0.25) is 4.72 Å². The summed E-state index contributed by atoms with van der Waals surface area (Å²) < 4.78 is 25.4. The van der Waals surface area contributed by atoms with Crippen LogP contribution in [0.15, 0.2) is 18.7 Å². The van der Waals surface area contributed by atoms with E-state index in [1.165, 1.54) is 18.7 Å². The van der Waals surface area contributed by atoms with Gasteiger partial charge in [-0.05, 0) is 6.42 Å². The van der Waals surface area contributed by atoms with E-state index in [-0.39, 0.29) is 12.1 Å². The minimum absolute atomic E-state index is 0.236. The lowest BCUT2D eigenvalue weighted by Crippen LogP contribution is -2.26. The third-order valence-corrected chi connectivity index (χ3v) is 3.42. The van der Waals surface area contributed by atoms with Crippen molar-refractivity contribution in [1.82, 2.24) is 9.97 Å². The van der Waals surface area contributed by atoms with Crippen molar-refractivity contribution in [3.63, 3.8) is 0 Å². The molecule has 1 aromatic rings. The number of nitrogens with one attached hydrogen (secondary N) is 1. The second-order valence-corrected chi connectivity index (χ2v) is 4.66. The quantitative estimate of drug-likeness (QED) is 0.807. The molecule has 0 saturated heterocycles. The summed E-state index contributed by atoms with van der Waals surface area (Å²) in [5, 5.41) is 7.58. The molecule has 0 aromatic carbocycles. The Morgan fingerprint density at radius 3 is 2.60 bits per heavy atom. The molecule has 1 heterocycles. The van der Waals surface area contributed by atoms with Crippen LogP contribution in [0.3, 0.4) is 0 Å². The van der Waals surface area contributed by atoms with Crippen molar-refractivity contribution in [3.8, 4) is 6.07 Å². The number of anilines is 1. The van der Waals surface area contributed by atoms with Crippen LogP contribution >= 0.6 is 0 Å². The first-order valence-corrected chi connectivity index (χ1v) is 5.81. The van der Waals surface area contributed by atoms with Gasteiger partial charge < -0.3 is 0 Å². The molecule has 15 heavy (non-hydrogen) atoms. The van der Waals surface area contributed by atoms with Crippen LogP contribution in [0.4, 0.5) is 5.69 Å². The van der Waals surface area contributed by atoms with Gasteiger partial charge in [-0.1, -0.05) is 6.92 Å². The minimum atomic E-state index is -3.67. The molecule has 0 spiro atoms. The van der Waals surface area contributed by atoms with E-state index in [0.29, 0.717) is 0 Å². The number of nitrogens with zero attached hydrogens (tertiary/aromatic N) is 3. The summed E-state index contributed by atoms with van der Waals surface area (Å²) >= 11 is 0. The molecule has 0 radical (unpaired) electrons. The Bertz CT molecular complexity index is 451. The van der Waals surface area contributed by atoms with Crippen molar-refractivity contribution in [3.05, 3.63) is 18.7 Å². The first-order chi connectivity index (χ1) is 7.10. The van der Waals surface area contributed by atoms with Gasteiger partial charge in [0, 0.05) is 0 Å². The molecule has 0 bridgehead atoms. The highest BCUT2D eigenvalue weighted by molar-refractivity contribution is 7.93. The minimum Gasteiger partial charge on any atom is -0.279 e. The van der Waals surface area contributed by atoms with E-state index in [1.807, 2.05) is 0 Å². The van der Waals surface area contributed by atoms with E-state index in [1.54, 1.807) is 13.0 Å². The molecule has 0 aliphatic carbocycles. The number of rotatable bonds is 4. The van der Waals surface area contributed by atoms with Gasteiger partial charge in [0.25, 0.3) is 0 Å². The molecule has 1 aromatic heterocycles. The van der Waals surface area contributed by atoms with E-state index in [2.05, 4.69) is 14.7 Å². The van der Waals surface area contributed by atoms with Gasteiger partial charge >= 0.3 is 0 Å². The molecule has 1 atom stereocenters. The van der Waals surface area contributed by atoms with Gasteiger partial charge in [0.05, 0.1) is 24.2 Å². The van der Waals surface area contributed by atoms with Crippen LogP contribution in [0, 0.1) is 11.3 Å². The normalized spacial score (nSPS) is 12.8. The maximum absolute atomic E-state index is 11.6. The second kappa shape index (κ2) is 4.70. The second-order valence-electron chi connectivity index (χ2n) is 2.80. The van der Waals surface area contributed by atoms with E-state index in [9.17, 15) is 8.42 Å². The molecule has 0 amide bonds. The average molecular weight is 226 g/mol. The van der Waals surface area contributed by atoms with E-state index >= 15 is 0 Å². The Labute approximate surface area is 88.0 Å². The first-order valence-electron chi connectivity index (χ1n) is 4.26. The summed E-state index contributed by atoms with van der Waals surface area (Å²) in [5.41, 5.74) is 0.256. The Balaban J connectivity index is 2.87. The fourth-order valence-electron chi connectivity index (χ4n) is 0.967. The van der Waals surface area contributed by atoms with Gasteiger partial charge in [-0.15, -0.1) is 0 Å². The van der Waals surface area contributed by atoms with Gasteiger partial charge in [0.1, 0.15) is 6.33 Å². The molecular weight excluding hydrogens is 216 g/mol. The highest BCUT2D eigenvalue weighted by Crippen LogP contribution is 2.10. The highest BCUT2D eigenvalue weighted by atomic mass is 32.2. The van der Waals surface area contributed by atoms with Crippen molar-refractivity contribution in [2.45, 2.75) is 18.6 Å². The molecule has 1 rings (SSSR count). The molecule has 1 unspecified atom stereocenters. The van der Waals surface area contributed by atoms with Gasteiger partial charge in [0.15, 0.2) is 5.25 Å². The average Bonchev–Trinajstić information content (AvgIpc) is 2.19. The summed E-state index contributed by atoms with van der Waals surface area (Å²) in [6.07, 6.45) is 4.18. The van der Waals surface area contributed by atoms with Crippen molar-refractivity contribution >= 4 is 15.7 Å². The number of aromatic nitrogens is 2. The largest absolute Gasteiger partial charge is 0.279 e. The molecular formula is C8H10N4O2S. The summed E-state index contributed by atoms with van der Waals surface area (Å²) in [6.45, 7) is 1.63. The zero-order valence-corrected chi connectivity index (χ0v) is 8.90. The summed E-state index contributed by atoms with van der Waals surface area (Å²) in [6, 6.07) is 1.72. The lowest BCUT2D eigenvalue weighted by molar-refractivity contribution is 0.593. The fourth-order valence-corrected chi connectivity index (χ4v) is 2.12. The lowest BCUT2D eigenvalue weighted by atomic mass is 10.4. The van der Waals surface area contributed by atoms with Gasteiger partial charge in [-0.25, -0.2) is 18.4 Å². The Morgan fingerprint density at radius 2 is 2.13 bits per heavy atom. The van der Waals surface area contributed by atoms with Crippen LogP contribution in [0.5, 0.6) is 0 Å². The van der Waals surface area contributed by atoms with Gasteiger partial charge in [-0.2, -0.15) is 5.26 Å². The smallest absolute Gasteiger partial charge is 0.249 e. The number of sulfonamides is 1. The number of hydrogen-bond donors (Lipinski definition) is 1. The molecule has 0 aliphatic heterocycles. The number of hydrogen-bond acceptors (Lipinski definition) is 5. The van der Waals surface area contributed by atoms with Crippen LogP contribution in [0.25, 0.3) is 0 Å². The van der Waals surface area contributed by atoms with Crippen molar-refractivity contribution in [1.29, 1.82) is 5.26 Å². The van der Waals surface area contributed by atoms with Crippen molar-refractivity contribution in [2.24, 2.45) is 0 Å². The fraction of sp³-hybridized carbons (Fsp3) is 0.375. The maximum Gasteiger partial charge on any atom is 0.249 e. The molecule has 80 valence electrons. The molecule has 0 fully saturated rings. The SMILES string of the molecule is CCC(C#N)S(=O)(=O)Nc1cncnc1. The predicted octanol–water partition coefficient (Wildman–Crippen LogP) is 0.520. The molecule has 1 N–H and O–H groups in total. The summed E-state index contributed by atoms with van der Waals surface area (Å²) in [5.74, 6) is 0. The zero-order chi connectivity index (χ0) is 11.3. The Kier molecular flexibility index (Phi) is 3.57. The summed E-state index contributed by atoms with van der Waals surface area (Å²) in [4.78, 5) is 7.32. The van der Waals surface area contributed by atoms with Gasteiger partial charge in [0.2, 0.25) is 10.0 Å². The van der Waals surface area contributed by atoms with Crippen LogP contribution in [-0.4, -0.2) is 23.6 Å². The third kappa shape index (κ3) is 2.89. The maximum atomic E-state index is 11.6. The first kappa shape index (κ1) is 11.4. The van der Waals surface area contributed by atoms with E-state index in [4.69, 9.17) is 5.26 Å². The van der Waals surface area contributed by atoms with Crippen LogP contribution < -0.4 is 4.72 Å². The monoisotopic (exact) mass is 226 g/mol. The van der Waals surface area contributed by atoms with Crippen LogP contribution in [-0.2, 0) is 10.0 Å². The number of nitriles is 1. The topological polar surface area (TPSA) is 95.7 Å². The van der Waals surface area contributed by atoms with E-state index < -0.39 is 15.3 Å². The molecule has 0 aliphatic rings. The third-order valence-electron chi connectivity index (χ3n) is 1.71. The summed E-state index contributed by atoms with van der Waals surface area (Å²) in [7, 11) is -3.67. The van der Waals surface area contributed by atoms with E-state index in [0.717, 1.165) is 0 Å². The lowest BCUT2D eigenvalue weighted by Gasteiger charge is -2.09. The Hall–Kier alpha value is -1.68. The molecule has 7 heteroatoms. The highest BCUT2D eigenvalue weighted by Gasteiger charge is 2.23. The van der Waals surface area contributed by atoms with Crippen LogP contribution in [0.2, 0.25) is 0 Å². The van der Waals surface area contributed by atoms with Crippen molar-refractivity contribution < 1.29 is 8.42 Å². The predicted molar refractivity (Wildman–Crippen MR) is 54.3 cm³/mol. The standard InChI is InChI=1S/C8H10N4O2S/c1-2-8(3-9)15(13,14)12-7-4-10-6-11-5-7/h4-6,8,12H,2H2,1H3. The van der Waals surface area contributed by atoms with Crippen molar-refractivity contribution in [2.75, 3.05) is 4.72 Å². The van der Waals surface area contributed by atoms with Crippen LogP contribution in [0.1, 0.15) is 13.3 Å². The Morgan fingerprint density at radius 1 is 1.53 bits per heavy atom. The molecule has 0 saturated carbocycles. The molecule has 6 nitrogen and oxygen atoms in total. The zero-order valence-electron chi connectivity index (χ0n) is 8.08.